The maximum atomic E-state index is 11.6. The first-order chi connectivity index (χ1) is 11.4. The molecule has 2 aromatic rings. The summed E-state index contributed by atoms with van der Waals surface area (Å²) in [4.78, 5) is 23.2. The summed E-state index contributed by atoms with van der Waals surface area (Å²) in [5, 5.41) is 13.9. The van der Waals surface area contributed by atoms with E-state index in [2.05, 4.69) is 25.6 Å². The molecule has 0 aliphatic heterocycles. The van der Waals surface area contributed by atoms with Crippen molar-refractivity contribution < 1.29 is 14.3 Å². The molecule has 0 saturated heterocycles. The maximum Gasteiger partial charge on any atom is 0.337 e. The predicted octanol–water partition coefficient (Wildman–Crippen LogP) is 3.25. The number of amides is 1. The number of esters is 1. The number of nitrogens with one attached hydrogen (secondary N) is 2. The van der Waals surface area contributed by atoms with Gasteiger partial charge in [-0.05, 0) is 30.3 Å². The zero-order valence-corrected chi connectivity index (χ0v) is 14.2. The molecule has 1 heterocycles. The molecule has 7 nitrogen and oxygen atoms in total. The Balaban J connectivity index is 2.14. The highest BCUT2D eigenvalue weighted by molar-refractivity contribution is 6.33. The summed E-state index contributed by atoms with van der Waals surface area (Å²) in [6.07, 6.45) is 0. The molecule has 0 atom stereocenters. The van der Waals surface area contributed by atoms with E-state index in [1.165, 1.54) is 7.11 Å². The second-order valence-corrected chi connectivity index (χ2v) is 5.67. The number of hydrogen-bond donors (Lipinski definition) is 2. The molecule has 126 valence electrons. The molecule has 0 aliphatic rings. The molecule has 0 fully saturated rings. The molecular formula is C16H17ClN4O3. The van der Waals surface area contributed by atoms with Crippen molar-refractivity contribution >= 4 is 40.8 Å². The number of benzene rings is 1. The Bertz CT molecular complexity index is 747. The largest absolute Gasteiger partial charge is 0.465 e. The average molecular weight is 349 g/mol. The van der Waals surface area contributed by atoms with Crippen LogP contribution in [0.15, 0.2) is 30.3 Å². The predicted molar refractivity (Wildman–Crippen MR) is 91.6 cm³/mol. The van der Waals surface area contributed by atoms with Crippen LogP contribution in [0.2, 0.25) is 5.02 Å². The standard InChI is InChI=1S/C16H17ClN4O3/c1-9(2)15(22)19-14-7-6-13(20-21-14)18-12-8-10(16(23)24-3)4-5-11(12)17/h4-9H,1-3H3,(H,18,20)(H,19,21,22). The molecule has 0 radical (unpaired) electrons. The van der Waals surface area contributed by atoms with Gasteiger partial charge in [-0.25, -0.2) is 4.79 Å². The molecule has 0 saturated carbocycles. The third-order valence-electron chi connectivity index (χ3n) is 3.09. The highest BCUT2D eigenvalue weighted by atomic mass is 35.5. The number of anilines is 3. The second kappa shape index (κ2) is 7.74. The molecule has 24 heavy (non-hydrogen) atoms. The number of nitrogens with zero attached hydrogens (tertiary/aromatic N) is 2. The first-order valence-corrected chi connectivity index (χ1v) is 7.58. The molecule has 1 amide bonds. The lowest BCUT2D eigenvalue weighted by molar-refractivity contribution is -0.118. The van der Waals surface area contributed by atoms with Crippen LogP contribution < -0.4 is 10.6 Å². The quantitative estimate of drug-likeness (QED) is 0.805. The van der Waals surface area contributed by atoms with E-state index < -0.39 is 5.97 Å². The normalized spacial score (nSPS) is 10.4. The second-order valence-electron chi connectivity index (χ2n) is 5.26. The number of carbonyl (C=O) groups excluding carboxylic acids is 2. The van der Waals surface area contributed by atoms with Gasteiger partial charge in [-0.3, -0.25) is 4.79 Å². The average Bonchev–Trinajstić information content (AvgIpc) is 2.57. The fourth-order valence-corrected chi connectivity index (χ4v) is 1.90. The Morgan fingerprint density at radius 2 is 1.79 bits per heavy atom. The minimum absolute atomic E-state index is 0.140. The Labute approximate surface area is 144 Å². The first kappa shape index (κ1) is 17.7. The summed E-state index contributed by atoms with van der Waals surface area (Å²) in [6, 6.07) is 7.97. The Hall–Kier alpha value is -2.67. The van der Waals surface area contributed by atoms with Crippen molar-refractivity contribution in [1.82, 2.24) is 10.2 Å². The van der Waals surface area contributed by atoms with E-state index in [-0.39, 0.29) is 11.8 Å². The topological polar surface area (TPSA) is 93.2 Å². The summed E-state index contributed by atoms with van der Waals surface area (Å²) < 4.78 is 4.68. The fraction of sp³-hybridized carbons (Fsp3) is 0.250. The van der Waals surface area contributed by atoms with Crippen LogP contribution in [0.1, 0.15) is 24.2 Å². The molecule has 0 aliphatic carbocycles. The molecular weight excluding hydrogens is 332 g/mol. The van der Waals surface area contributed by atoms with Gasteiger partial charge < -0.3 is 15.4 Å². The van der Waals surface area contributed by atoms with Gasteiger partial charge in [-0.15, -0.1) is 10.2 Å². The highest BCUT2D eigenvalue weighted by Crippen LogP contribution is 2.26. The number of ether oxygens (including phenoxy) is 1. The minimum Gasteiger partial charge on any atom is -0.465 e. The first-order valence-electron chi connectivity index (χ1n) is 7.20. The summed E-state index contributed by atoms with van der Waals surface area (Å²) in [5.74, 6) is 0.0194. The van der Waals surface area contributed by atoms with Crippen LogP contribution in [0.25, 0.3) is 0 Å². The van der Waals surface area contributed by atoms with Crippen molar-refractivity contribution in [2.75, 3.05) is 17.7 Å². The van der Waals surface area contributed by atoms with E-state index in [1.54, 1.807) is 44.2 Å². The van der Waals surface area contributed by atoms with Gasteiger partial charge in [-0.1, -0.05) is 25.4 Å². The van der Waals surface area contributed by atoms with Crippen LogP contribution in [-0.4, -0.2) is 29.2 Å². The molecule has 1 aromatic carbocycles. The van der Waals surface area contributed by atoms with Crippen LogP contribution in [0, 0.1) is 5.92 Å². The van der Waals surface area contributed by atoms with Crippen molar-refractivity contribution in [2.24, 2.45) is 5.92 Å². The molecule has 0 spiro atoms. The van der Waals surface area contributed by atoms with Crippen LogP contribution in [-0.2, 0) is 9.53 Å². The van der Waals surface area contributed by atoms with Gasteiger partial charge in [-0.2, -0.15) is 0 Å². The minimum atomic E-state index is -0.465. The lowest BCUT2D eigenvalue weighted by atomic mass is 10.2. The third-order valence-corrected chi connectivity index (χ3v) is 3.42. The van der Waals surface area contributed by atoms with Crippen molar-refractivity contribution in [2.45, 2.75) is 13.8 Å². The summed E-state index contributed by atoms with van der Waals surface area (Å²) in [5.41, 5.74) is 0.853. The van der Waals surface area contributed by atoms with Crippen molar-refractivity contribution in [3.05, 3.63) is 40.9 Å². The maximum absolute atomic E-state index is 11.6. The van der Waals surface area contributed by atoms with Crippen molar-refractivity contribution in [1.29, 1.82) is 0 Å². The SMILES string of the molecule is COC(=O)c1ccc(Cl)c(Nc2ccc(NC(=O)C(C)C)nn2)c1. The molecule has 0 unspecified atom stereocenters. The van der Waals surface area contributed by atoms with E-state index in [0.29, 0.717) is 27.9 Å². The number of halogens is 1. The van der Waals surface area contributed by atoms with E-state index in [9.17, 15) is 9.59 Å². The molecule has 2 N–H and O–H groups in total. The lowest BCUT2D eigenvalue weighted by Crippen LogP contribution is -2.18. The van der Waals surface area contributed by atoms with Gasteiger partial charge in [0.05, 0.1) is 23.4 Å². The number of methoxy groups -OCH3 is 1. The van der Waals surface area contributed by atoms with Gasteiger partial charge in [0, 0.05) is 5.92 Å². The summed E-state index contributed by atoms with van der Waals surface area (Å²) in [6.45, 7) is 3.57. The molecule has 2 rings (SSSR count). The Kier molecular flexibility index (Phi) is 5.70. The Morgan fingerprint density at radius 3 is 2.38 bits per heavy atom. The van der Waals surface area contributed by atoms with Crippen LogP contribution in [0.4, 0.5) is 17.3 Å². The third kappa shape index (κ3) is 4.42. The molecule has 0 bridgehead atoms. The molecule has 1 aromatic heterocycles. The van der Waals surface area contributed by atoms with Gasteiger partial charge in [0.2, 0.25) is 5.91 Å². The summed E-state index contributed by atoms with van der Waals surface area (Å²) >= 11 is 6.11. The number of hydrogen-bond acceptors (Lipinski definition) is 6. The zero-order valence-electron chi connectivity index (χ0n) is 13.5. The van der Waals surface area contributed by atoms with Crippen molar-refractivity contribution in [3.8, 4) is 0 Å². The van der Waals surface area contributed by atoms with Gasteiger partial charge >= 0.3 is 5.97 Å². The van der Waals surface area contributed by atoms with Gasteiger partial charge in [0.1, 0.15) is 0 Å². The van der Waals surface area contributed by atoms with E-state index in [4.69, 9.17) is 11.6 Å². The molecule has 8 heteroatoms. The highest BCUT2D eigenvalue weighted by Gasteiger charge is 2.11. The monoisotopic (exact) mass is 348 g/mol. The Morgan fingerprint density at radius 1 is 1.12 bits per heavy atom. The number of aromatic nitrogens is 2. The van der Waals surface area contributed by atoms with Crippen LogP contribution in [0.3, 0.4) is 0 Å². The van der Waals surface area contributed by atoms with Gasteiger partial charge in [0.25, 0.3) is 0 Å². The van der Waals surface area contributed by atoms with Crippen molar-refractivity contribution in [3.63, 3.8) is 0 Å². The van der Waals surface area contributed by atoms with Crippen LogP contribution >= 0.6 is 11.6 Å². The lowest BCUT2D eigenvalue weighted by Gasteiger charge is -2.10. The number of rotatable bonds is 5. The van der Waals surface area contributed by atoms with E-state index in [1.807, 2.05) is 0 Å². The van der Waals surface area contributed by atoms with E-state index >= 15 is 0 Å². The number of carbonyl (C=O) groups is 2. The fourth-order valence-electron chi connectivity index (χ4n) is 1.74. The smallest absolute Gasteiger partial charge is 0.337 e. The van der Waals surface area contributed by atoms with E-state index in [0.717, 1.165) is 0 Å². The van der Waals surface area contributed by atoms with Crippen LogP contribution in [0.5, 0.6) is 0 Å². The van der Waals surface area contributed by atoms with Gasteiger partial charge in [0.15, 0.2) is 11.6 Å². The summed E-state index contributed by atoms with van der Waals surface area (Å²) in [7, 11) is 1.31. The zero-order chi connectivity index (χ0) is 17.7.